The van der Waals surface area contributed by atoms with Crippen molar-refractivity contribution in [1.29, 1.82) is 5.26 Å². The predicted octanol–water partition coefficient (Wildman–Crippen LogP) is 4.21. The largest absolute Gasteiger partial charge is 0.267 e. The number of aromatic nitrogens is 3. The summed E-state index contributed by atoms with van der Waals surface area (Å²) in [6.07, 6.45) is 3.08. The van der Waals surface area contributed by atoms with Crippen LogP contribution >= 0.6 is 34.2 Å². The number of hydrogen-bond acceptors (Lipinski definition) is 3. The summed E-state index contributed by atoms with van der Waals surface area (Å²) in [5, 5.41) is 14.7. The zero-order valence-electron chi connectivity index (χ0n) is 11.7. The van der Waals surface area contributed by atoms with E-state index in [2.05, 4.69) is 38.7 Å². The van der Waals surface area contributed by atoms with Crippen LogP contribution in [0.15, 0.2) is 18.5 Å². The minimum atomic E-state index is -0.458. The number of aryl methyl sites for hydroxylation is 2. The molecule has 0 spiro atoms. The van der Waals surface area contributed by atoms with Gasteiger partial charge in [-0.1, -0.05) is 11.6 Å². The van der Waals surface area contributed by atoms with Gasteiger partial charge in [0.15, 0.2) is 0 Å². The van der Waals surface area contributed by atoms with Gasteiger partial charge in [-0.25, -0.2) is 4.39 Å². The first-order valence-electron chi connectivity index (χ1n) is 6.31. The molecule has 0 radical (unpaired) electrons. The van der Waals surface area contributed by atoms with E-state index in [1.54, 1.807) is 30.9 Å². The Bertz CT molecular complexity index is 939. The molecule has 0 unspecified atom stereocenters. The first-order chi connectivity index (χ1) is 10.5. The molecule has 3 aromatic rings. The second-order valence-corrected chi connectivity index (χ2v) is 6.41. The zero-order valence-corrected chi connectivity index (χ0v) is 14.6. The molecule has 0 aliphatic heterocycles. The smallest absolute Gasteiger partial charge is 0.139 e. The second kappa shape index (κ2) is 5.48. The molecule has 0 saturated carbocycles. The van der Waals surface area contributed by atoms with Crippen LogP contribution in [0.3, 0.4) is 0 Å². The van der Waals surface area contributed by atoms with E-state index in [0.29, 0.717) is 27.2 Å². The number of rotatable bonds is 1. The van der Waals surface area contributed by atoms with Gasteiger partial charge >= 0.3 is 0 Å². The molecule has 7 heteroatoms. The quantitative estimate of drug-likeness (QED) is 0.548. The highest BCUT2D eigenvalue weighted by molar-refractivity contribution is 14.1. The molecule has 4 nitrogen and oxygen atoms in total. The Kier molecular flexibility index (Phi) is 3.78. The Morgan fingerprint density at radius 2 is 2.14 bits per heavy atom. The molecule has 0 N–H and O–H groups in total. The van der Waals surface area contributed by atoms with Crippen LogP contribution < -0.4 is 0 Å². The van der Waals surface area contributed by atoms with Gasteiger partial charge in [-0.2, -0.15) is 10.4 Å². The van der Waals surface area contributed by atoms with Gasteiger partial charge in [0.2, 0.25) is 0 Å². The lowest BCUT2D eigenvalue weighted by atomic mass is 9.96. The summed E-state index contributed by atoms with van der Waals surface area (Å²) in [7, 11) is 1.72. The molecule has 0 aliphatic carbocycles. The Hall–Kier alpha value is -1.72. The van der Waals surface area contributed by atoms with Crippen molar-refractivity contribution in [3.05, 3.63) is 44.0 Å². The Morgan fingerprint density at radius 1 is 1.41 bits per heavy atom. The van der Waals surface area contributed by atoms with Crippen molar-refractivity contribution in [3.8, 4) is 17.3 Å². The number of pyridine rings is 1. The fourth-order valence-electron chi connectivity index (χ4n) is 2.49. The van der Waals surface area contributed by atoms with Gasteiger partial charge in [0.25, 0.3) is 0 Å². The van der Waals surface area contributed by atoms with Crippen LogP contribution in [0.1, 0.15) is 11.1 Å². The molecule has 2 heterocycles. The van der Waals surface area contributed by atoms with Crippen LogP contribution in [-0.2, 0) is 7.05 Å². The van der Waals surface area contributed by atoms with Crippen molar-refractivity contribution < 1.29 is 4.39 Å². The summed E-state index contributed by atoms with van der Waals surface area (Å²) in [6.45, 7) is 1.65. The third kappa shape index (κ3) is 2.16. The normalized spacial score (nSPS) is 10.9. The van der Waals surface area contributed by atoms with Crippen molar-refractivity contribution in [3.63, 3.8) is 0 Å². The average Bonchev–Trinajstić information content (AvgIpc) is 2.82. The molecular weight excluding hydrogens is 418 g/mol. The summed E-state index contributed by atoms with van der Waals surface area (Å²) in [6, 6.07) is 3.73. The van der Waals surface area contributed by atoms with Gasteiger partial charge in [0.05, 0.1) is 37.1 Å². The summed E-state index contributed by atoms with van der Waals surface area (Å²) >= 11 is 8.07. The lowest BCUT2D eigenvalue weighted by Gasteiger charge is -2.13. The minimum Gasteiger partial charge on any atom is -0.267 e. The predicted molar refractivity (Wildman–Crippen MR) is 91.1 cm³/mol. The molecule has 22 heavy (non-hydrogen) atoms. The Morgan fingerprint density at radius 3 is 2.73 bits per heavy atom. The molecule has 0 aliphatic rings. The maximum atomic E-state index is 14.9. The number of halogens is 3. The highest BCUT2D eigenvalue weighted by Gasteiger charge is 2.23. The van der Waals surface area contributed by atoms with E-state index in [4.69, 9.17) is 11.6 Å². The molecule has 110 valence electrons. The van der Waals surface area contributed by atoms with E-state index in [9.17, 15) is 9.65 Å². The molecule has 0 fully saturated rings. The van der Waals surface area contributed by atoms with Gasteiger partial charge in [0.1, 0.15) is 11.9 Å². The number of benzene rings is 1. The number of nitriles is 1. The van der Waals surface area contributed by atoms with E-state index in [0.717, 1.165) is 3.57 Å². The Labute approximate surface area is 144 Å². The standard InChI is InChI=1S/C15H9ClFIN4/c1-7-13(17)12(15-11(18)6-21-22(15)2)10(4-19)9-3-8(16)5-20-14(7)9/h3,5-6H,1-2H3. The lowest BCUT2D eigenvalue weighted by Crippen LogP contribution is -2.03. The molecule has 1 aromatic carbocycles. The molecule has 0 bridgehead atoms. The van der Waals surface area contributed by atoms with Crippen LogP contribution in [0.2, 0.25) is 5.02 Å². The second-order valence-electron chi connectivity index (χ2n) is 4.82. The van der Waals surface area contributed by atoms with Crippen LogP contribution in [-0.4, -0.2) is 14.8 Å². The molecule has 0 saturated heterocycles. The van der Waals surface area contributed by atoms with E-state index >= 15 is 0 Å². The highest BCUT2D eigenvalue weighted by Crippen LogP contribution is 2.37. The van der Waals surface area contributed by atoms with E-state index < -0.39 is 5.82 Å². The number of nitrogens with zero attached hydrogens (tertiary/aromatic N) is 4. The van der Waals surface area contributed by atoms with Gasteiger partial charge in [-0.15, -0.1) is 0 Å². The molecule has 3 rings (SSSR count). The van der Waals surface area contributed by atoms with Gasteiger partial charge in [-0.05, 0) is 35.6 Å². The van der Waals surface area contributed by atoms with E-state index in [-0.39, 0.29) is 11.1 Å². The maximum absolute atomic E-state index is 14.9. The van der Waals surface area contributed by atoms with Crippen molar-refractivity contribution in [2.75, 3.05) is 0 Å². The van der Waals surface area contributed by atoms with E-state index in [1.807, 2.05) is 0 Å². The van der Waals surface area contributed by atoms with Crippen molar-refractivity contribution in [1.82, 2.24) is 14.8 Å². The van der Waals surface area contributed by atoms with Crippen molar-refractivity contribution in [2.45, 2.75) is 6.92 Å². The van der Waals surface area contributed by atoms with Gasteiger partial charge in [-0.3, -0.25) is 9.67 Å². The van der Waals surface area contributed by atoms with Crippen LogP contribution in [0.4, 0.5) is 4.39 Å². The third-order valence-corrected chi connectivity index (χ3v) is 4.52. The molecular formula is C15H9ClFIN4. The topological polar surface area (TPSA) is 54.5 Å². The fourth-order valence-corrected chi connectivity index (χ4v) is 3.40. The fraction of sp³-hybridized carbons (Fsp3) is 0.133. The summed E-state index contributed by atoms with van der Waals surface area (Å²) in [5.74, 6) is -0.458. The molecule has 0 amide bonds. The third-order valence-electron chi connectivity index (χ3n) is 3.52. The van der Waals surface area contributed by atoms with Crippen LogP contribution in [0.5, 0.6) is 0 Å². The zero-order chi connectivity index (χ0) is 16.0. The summed E-state index contributed by atoms with van der Waals surface area (Å²) < 4.78 is 17.3. The van der Waals surface area contributed by atoms with Gasteiger partial charge < -0.3 is 0 Å². The monoisotopic (exact) mass is 426 g/mol. The first kappa shape index (κ1) is 15.2. The number of hydrogen-bond donors (Lipinski definition) is 0. The summed E-state index contributed by atoms with van der Waals surface area (Å²) in [5.41, 5.74) is 1.85. The minimum absolute atomic E-state index is 0.217. The van der Waals surface area contributed by atoms with E-state index in [1.165, 1.54) is 6.20 Å². The Balaban J connectivity index is 2.56. The average molecular weight is 427 g/mol. The number of fused-ring (bicyclic) bond motifs is 1. The maximum Gasteiger partial charge on any atom is 0.139 e. The summed E-state index contributed by atoms with van der Waals surface area (Å²) in [4.78, 5) is 4.17. The van der Waals surface area contributed by atoms with Crippen molar-refractivity contribution >= 4 is 45.1 Å². The van der Waals surface area contributed by atoms with Crippen LogP contribution in [0, 0.1) is 27.6 Å². The lowest BCUT2D eigenvalue weighted by molar-refractivity contribution is 0.620. The molecule has 2 aromatic heterocycles. The van der Waals surface area contributed by atoms with Crippen molar-refractivity contribution in [2.24, 2.45) is 7.05 Å². The first-order valence-corrected chi connectivity index (χ1v) is 7.76. The van der Waals surface area contributed by atoms with Gasteiger partial charge in [0, 0.05) is 24.2 Å². The van der Waals surface area contributed by atoms with Crippen LogP contribution in [0.25, 0.3) is 22.2 Å². The SMILES string of the molecule is Cc1c(F)c(-c2c(I)cnn2C)c(C#N)c2cc(Cl)cnc12. The molecule has 0 atom stereocenters. The highest BCUT2D eigenvalue weighted by atomic mass is 127.